The molecule has 0 saturated heterocycles. The van der Waals surface area contributed by atoms with Gasteiger partial charge >= 0.3 is 5.97 Å². The molecule has 0 aliphatic heterocycles. The molecule has 0 aliphatic rings. The summed E-state index contributed by atoms with van der Waals surface area (Å²) >= 11 is 0. The van der Waals surface area contributed by atoms with Crippen LogP contribution >= 0.6 is 0 Å². The van der Waals surface area contributed by atoms with Crippen molar-refractivity contribution in [2.24, 2.45) is 10.2 Å². The van der Waals surface area contributed by atoms with E-state index in [9.17, 15) is 28.0 Å². The van der Waals surface area contributed by atoms with Gasteiger partial charge in [0.05, 0.1) is 0 Å². The third-order valence-corrected chi connectivity index (χ3v) is 5.55. The zero-order valence-electron chi connectivity index (χ0n) is 15.2. The second-order valence-electron chi connectivity index (χ2n) is 6.46. The highest BCUT2D eigenvalue weighted by molar-refractivity contribution is 7.86. The minimum absolute atomic E-state index is 0.125. The van der Waals surface area contributed by atoms with Crippen molar-refractivity contribution in [1.82, 2.24) is 0 Å². The first-order chi connectivity index (χ1) is 14.3. The quantitative estimate of drug-likeness (QED) is 0.311. The summed E-state index contributed by atoms with van der Waals surface area (Å²) < 4.78 is 33.8. The summed E-state index contributed by atoms with van der Waals surface area (Å²) in [6.07, 6.45) is 0. The Bertz CT molecular complexity index is 1460. The number of azo groups is 1. The number of benzene rings is 4. The van der Waals surface area contributed by atoms with Crippen LogP contribution in [-0.2, 0) is 10.1 Å². The van der Waals surface area contributed by atoms with E-state index in [1.165, 1.54) is 18.2 Å². The van der Waals surface area contributed by atoms with Crippen LogP contribution in [0.3, 0.4) is 0 Å². The van der Waals surface area contributed by atoms with Gasteiger partial charge in [-0.15, -0.1) is 10.2 Å². The van der Waals surface area contributed by atoms with E-state index in [-0.39, 0.29) is 22.3 Å². The number of fused-ring (bicyclic) bond motifs is 2. The van der Waals surface area contributed by atoms with E-state index < -0.39 is 26.7 Å². The monoisotopic (exact) mass is 422 g/mol. The molecule has 0 amide bonds. The van der Waals surface area contributed by atoms with Crippen molar-refractivity contribution in [1.29, 1.82) is 0 Å². The molecule has 0 heterocycles. The van der Waals surface area contributed by atoms with Gasteiger partial charge in [-0.25, -0.2) is 4.79 Å². The number of hydrogen-bond acceptors (Lipinski definition) is 6. The number of rotatable bonds is 4. The predicted octanol–water partition coefficient (Wildman–Crippen LogP) is 5.06. The highest BCUT2D eigenvalue weighted by Crippen LogP contribution is 2.40. The maximum absolute atomic E-state index is 12.0. The molecule has 0 fully saturated rings. The fourth-order valence-corrected chi connectivity index (χ4v) is 4.10. The van der Waals surface area contributed by atoms with Gasteiger partial charge in [-0.05, 0) is 22.9 Å². The Balaban J connectivity index is 1.98. The molecule has 0 bridgehead atoms. The molecule has 0 aromatic heterocycles. The SMILES string of the molecule is O=C(O)c1cc2ccccc2c(/N=N/c2ccc3ccccc3c2S(=O)(=O)O)c1O. The van der Waals surface area contributed by atoms with Crippen molar-refractivity contribution >= 4 is 49.0 Å². The van der Waals surface area contributed by atoms with E-state index >= 15 is 0 Å². The van der Waals surface area contributed by atoms with Gasteiger partial charge in [-0.1, -0.05) is 54.6 Å². The van der Waals surface area contributed by atoms with Crippen LogP contribution in [-0.4, -0.2) is 29.2 Å². The zero-order valence-corrected chi connectivity index (χ0v) is 16.0. The first kappa shape index (κ1) is 19.5. The largest absolute Gasteiger partial charge is 0.505 e. The summed E-state index contributed by atoms with van der Waals surface area (Å²) in [6, 6.07) is 17.5. The summed E-state index contributed by atoms with van der Waals surface area (Å²) in [4.78, 5) is 11.1. The first-order valence-corrected chi connectivity index (χ1v) is 10.1. The lowest BCUT2D eigenvalue weighted by Gasteiger charge is -2.09. The van der Waals surface area contributed by atoms with E-state index in [2.05, 4.69) is 10.2 Å². The van der Waals surface area contributed by atoms with Gasteiger partial charge in [0.1, 0.15) is 21.8 Å². The molecule has 4 aromatic carbocycles. The van der Waals surface area contributed by atoms with Crippen LogP contribution in [0.25, 0.3) is 21.5 Å². The summed E-state index contributed by atoms with van der Waals surface area (Å²) in [6.45, 7) is 0. The van der Waals surface area contributed by atoms with Crippen molar-refractivity contribution in [3.05, 3.63) is 72.3 Å². The molecule has 9 heteroatoms. The van der Waals surface area contributed by atoms with Crippen LogP contribution in [0.15, 0.2) is 81.9 Å². The van der Waals surface area contributed by atoms with Crippen molar-refractivity contribution in [2.75, 3.05) is 0 Å². The van der Waals surface area contributed by atoms with Crippen LogP contribution in [0.2, 0.25) is 0 Å². The smallest absolute Gasteiger partial charge is 0.339 e. The van der Waals surface area contributed by atoms with Gasteiger partial charge < -0.3 is 10.2 Å². The van der Waals surface area contributed by atoms with Crippen LogP contribution < -0.4 is 0 Å². The first-order valence-electron chi connectivity index (χ1n) is 8.66. The van der Waals surface area contributed by atoms with Gasteiger partial charge in [0.25, 0.3) is 10.1 Å². The molecule has 3 N–H and O–H groups in total. The van der Waals surface area contributed by atoms with Crippen LogP contribution in [0, 0.1) is 0 Å². The molecule has 0 saturated carbocycles. The van der Waals surface area contributed by atoms with Crippen LogP contribution in [0.1, 0.15) is 10.4 Å². The van der Waals surface area contributed by atoms with Crippen molar-refractivity contribution < 1.29 is 28.0 Å². The summed E-state index contributed by atoms with van der Waals surface area (Å²) in [5.41, 5.74) is -0.642. The van der Waals surface area contributed by atoms with E-state index in [1.807, 2.05) is 0 Å². The predicted molar refractivity (Wildman–Crippen MR) is 111 cm³/mol. The molecule has 150 valence electrons. The molecule has 0 unspecified atom stereocenters. The number of hydrogen-bond donors (Lipinski definition) is 3. The molecule has 0 aliphatic carbocycles. The van der Waals surface area contributed by atoms with Gasteiger partial charge in [-0.2, -0.15) is 8.42 Å². The molecular weight excluding hydrogens is 408 g/mol. The maximum atomic E-state index is 12.0. The minimum Gasteiger partial charge on any atom is -0.505 e. The van der Waals surface area contributed by atoms with E-state index in [0.717, 1.165) is 0 Å². The second-order valence-corrected chi connectivity index (χ2v) is 7.82. The maximum Gasteiger partial charge on any atom is 0.339 e. The number of carboxylic acids is 1. The van der Waals surface area contributed by atoms with Gasteiger partial charge in [0.15, 0.2) is 5.75 Å². The Labute approximate surface area is 170 Å². The van der Waals surface area contributed by atoms with E-state index in [1.54, 1.807) is 48.5 Å². The van der Waals surface area contributed by atoms with E-state index in [4.69, 9.17) is 0 Å². The van der Waals surface area contributed by atoms with Crippen molar-refractivity contribution in [3.63, 3.8) is 0 Å². The highest BCUT2D eigenvalue weighted by Gasteiger charge is 2.21. The van der Waals surface area contributed by atoms with Gasteiger partial charge in [0.2, 0.25) is 0 Å². The number of aromatic carboxylic acids is 1. The Hall–Kier alpha value is -3.82. The fraction of sp³-hybridized carbons (Fsp3) is 0. The molecule has 8 nitrogen and oxygen atoms in total. The molecule has 0 radical (unpaired) electrons. The fourth-order valence-electron chi connectivity index (χ4n) is 3.27. The number of aromatic hydroxyl groups is 1. The lowest BCUT2D eigenvalue weighted by molar-refractivity contribution is 0.0694. The Morgan fingerprint density at radius 1 is 0.833 bits per heavy atom. The average Bonchev–Trinajstić information content (AvgIpc) is 2.71. The summed E-state index contributed by atoms with van der Waals surface area (Å²) in [5, 5.41) is 29.5. The lowest BCUT2D eigenvalue weighted by Crippen LogP contribution is -1.99. The number of phenols is 1. The summed E-state index contributed by atoms with van der Waals surface area (Å²) in [5.74, 6) is -1.95. The third-order valence-electron chi connectivity index (χ3n) is 4.60. The number of nitrogens with zero attached hydrogens (tertiary/aromatic N) is 2. The average molecular weight is 422 g/mol. The van der Waals surface area contributed by atoms with E-state index in [0.29, 0.717) is 16.2 Å². The van der Waals surface area contributed by atoms with Crippen molar-refractivity contribution in [3.8, 4) is 5.75 Å². The number of carboxylic acid groups (broad SMARTS) is 1. The Morgan fingerprint density at radius 2 is 1.47 bits per heavy atom. The third kappa shape index (κ3) is 3.36. The van der Waals surface area contributed by atoms with Crippen LogP contribution in [0.5, 0.6) is 5.75 Å². The number of carbonyl (C=O) groups is 1. The van der Waals surface area contributed by atoms with Crippen molar-refractivity contribution in [2.45, 2.75) is 4.90 Å². The summed E-state index contributed by atoms with van der Waals surface area (Å²) in [7, 11) is -4.65. The topological polar surface area (TPSA) is 137 Å². The highest BCUT2D eigenvalue weighted by atomic mass is 32.2. The van der Waals surface area contributed by atoms with Gasteiger partial charge in [-0.3, -0.25) is 4.55 Å². The Kier molecular flexibility index (Phi) is 4.69. The minimum atomic E-state index is -4.65. The standard InChI is InChI=1S/C21H14N2O6S/c24-19-16(21(25)26)11-13-6-2-3-7-14(13)18(19)23-22-17-10-9-12-5-1-4-8-15(12)20(17)30(27,28)29/h1-11,24H,(H,25,26)(H,27,28,29)/b23-22+. The van der Waals surface area contributed by atoms with Gasteiger partial charge in [0, 0.05) is 10.8 Å². The molecule has 0 atom stereocenters. The zero-order chi connectivity index (χ0) is 21.5. The van der Waals surface area contributed by atoms with Crippen LogP contribution in [0.4, 0.5) is 11.4 Å². The lowest BCUT2D eigenvalue weighted by atomic mass is 10.0. The second kappa shape index (κ2) is 7.21. The Morgan fingerprint density at radius 3 is 2.13 bits per heavy atom. The molecule has 4 rings (SSSR count). The molecule has 4 aromatic rings. The molecule has 30 heavy (non-hydrogen) atoms. The molecular formula is C21H14N2O6S. The molecule has 0 spiro atoms. The normalized spacial score (nSPS) is 12.0.